The summed E-state index contributed by atoms with van der Waals surface area (Å²) in [6, 6.07) is 5.48. The van der Waals surface area contributed by atoms with Gasteiger partial charge in [0.2, 0.25) is 14.2 Å². The Morgan fingerprint density at radius 2 is 1.49 bits per heavy atom. The predicted molar refractivity (Wildman–Crippen MR) is 152 cm³/mol. The molecule has 0 bridgehead atoms. The van der Waals surface area contributed by atoms with Crippen LogP contribution in [-0.4, -0.2) is 44.7 Å². The topological polar surface area (TPSA) is 112 Å². The third-order valence-electron chi connectivity index (χ3n) is 5.51. The number of hydrogen-bond donors (Lipinski definition) is 1. The molecule has 1 N–H and O–H groups in total. The van der Waals surface area contributed by atoms with Gasteiger partial charge in [0.25, 0.3) is 0 Å². The van der Waals surface area contributed by atoms with Gasteiger partial charge in [0, 0.05) is 6.07 Å². The quantitative estimate of drug-likeness (QED) is 0.220. The van der Waals surface area contributed by atoms with E-state index in [1.54, 1.807) is 4.68 Å². The van der Waals surface area contributed by atoms with E-state index in [1.807, 2.05) is 4.68 Å². The summed E-state index contributed by atoms with van der Waals surface area (Å²) >= 11 is 21.7. The molecular formula is C20H18Br5ClFN9O. The van der Waals surface area contributed by atoms with Crippen LogP contribution in [0.15, 0.2) is 41.9 Å². The van der Waals surface area contributed by atoms with E-state index in [1.165, 1.54) is 43.9 Å². The molecule has 0 aliphatic heterocycles. The monoisotopic (exact) mass is 849 g/mol. The summed E-state index contributed by atoms with van der Waals surface area (Å²) in [5.41, 5.74) is 0. The summed E-state index contributed by atoms with van der Waals surface area (Å²) in [4.78, 5) is 12.0. The minimum absolute atomic E-state index is 0.0197. The largest absolute Gasteiger partial charge is 0.424 e. The number of halogens is 7. The lowest BCUT2D eigenvalue weighted by Crippen LogP contribution is -2.18. The van der Waals surface area contributed by atoms with E-state index < -0.39 is 5.82 Å². The van der Waals surface area contributed by atoms with Crippen LogP contribution < -0.4 is 4.74 Å². The number of aromatic nitrogens is 9. The van der Waals surface area contributed by atoms with E-state index in [4.69, 9.17) is 16.3 Å². The lowest BCUT2D eigenvalue weighted by Gasteiger charge is -2.25. The third kappa shape index (κ3) is 8.03. The fraction of sp³-hybridized carbons (Fsp3) is 0.400. The molecule has 1 aromatic carbocycles. The molecule has 2 fully saturated rings. The normalized spacial score (nSPS) is 15.1. The van der Waals surface area contributed by atoms with Gasteiger partial charge in [-0.25, -0.2) is 13.8 Å². The first-order chi connectivity index (χ1) is 17.7. The summed E-state index contributed by atoms with van der Waals surface area (Å²) in [6.07, 6.45) is 7.09. The Labute approximate surface area is 258 Å². The Bertz CT molecular complexity index is 1330. The highest BCUT2D eigenvalue weighted by Gasteiger charge is 2.25. The van der Waals surface area contributed by atoms with Crippen molar-refractivity contribution in [2.75, 3.05) is 0 Å². The van der Waals surface area contributed by atoms with Crippen LogP contribution in [0.4, 0.5) is 4.39 Å². The Hall–Kier alpha value is -0.940. The molecule has 37 heavy (non-hydrogen) atoms. The molecule has 2 aliphatic carbocycles. The molecule has 6 rings (SSSR count). The molecule has 17 heteroatoms. The van der Waals surface area contributed by atoms with Crippen molar-refractivity contribution in [1.29, 1.82) is 0 Å². The first kappa shape index (κ1) is 29.1. The van der Waals surface area contributed by atoms with Crippen molar-refractivity contribution in [3.8, 4) is 11.8 Å². The molecule has 0 unspecified atom stereocenters. The maximum atomic E-state index is 13.1. The van der Waals surface area contributed by atoms with Gasteiger partial charge in [-0.1, -0.05) is 11.6 Å². The Morgan fingerprint density at radius 3 is 1.95 bits per heavy atom. The first-order valence-corrected chi connectivity index (χ1v) is 15.3. The lowest BCUT2D eigenvalue weighted by atomic mass is 9.93. The fourth-order valence-electron chi connectivity index (χ4n) is 3.24. The molecule has 0 amide bonds. The maximum Gasteiger partial charge on any atom is 0.321 e. The Kier molecular flexibility index (Phi) is 10.5. The molecule has 2 aliphatic rings. The molecule has 0 spiro atoms. The number of rotatable bonds is 4. The second kappa shape index (κ2) is 13.4. The van der Waals surface area contributed by atoms with Crippen LogP contribution in [0.2, 0.25) is 5.02 Å². The molecule has 10 nitrogen and oxygen atoms in total. The number of nitrogens with zero attached hydrogens (tertiary/aromatic N) is 8. The number of ether oxygens (including phenoxy) is 1. The van der Waals surface area contributed by atoms with Gasteiger partial charge in [-0.2, -0.15) is 15.0 Å². The minimum atomic E-state index is -0.476. The highest BCUT2D eigenvalue weighted by molar-refractivity contribution is 9.11. The van der Waals surface area contributed by atoms with Gasteiger partial charge in [0.05, 0.1) is 17.1 Å². The third-order valence-corrected chi connectivity index (χ3v) is 7.72. The average molecular weight is 854 g/mol. The summed E-state index contributed by atoms with van der Waals surface area (Å²) in [6.45, 7) is 0. The molecule has 0 saturated heterocycles. The summed E-state index contributed by atoms with van der Waals surface area (Å²) < 4.78 is 25.6. The van der Waals surface area contributed by atoms with E-state index in [0.29, 0.717) is 42.8 Å². The summed E-state index contributed by atoms with van der Waals surface area (Å²) in [7, 11) is 0. The molecule has 4 aromatic rings. The van der Waals surface area contributed by atoms with Crippen molar-refractivity contribution in [3.05, 3.63) is 52.7 Å². The van der Waals surface area contributed by atoms with Crippen LogP contribution in [-0.2, 0) is 0 Å². The minimum Gasteiger partial charge on any atom is -0.424 e. The number of aromatic amines is 1. The molecule has 0 radical (unpaired) electrons. The van der Waals surface area contributed by atoms with Gasteiger partial charge < -0.3 is 4.74 Å². The number of benzene rings is 1. The van der Waals surface area contributed by atoms with E-state index >= 15 is 0 Å². The Morgan fingerprint density at radius 1 is 0.865 bits per heavy atom. The second-order valence-electron chi connectivity index (χ2n) is 7.95. The van der Waals surface area contributed by atoms with Crippen molar-refractivity contribution in [2.24, 2.45) is 0 Å². The summed E-state index contributed by atoms with van der Waals surface area (Å²) in [5, 5.41) is 14.7. The zero-order valence-corrected chi connectivity index (χ0v) is 27.4. The molecule has 0 atom stereocenters. The number of H-pyrrole nitrogens is 1. The molecule has 198 valence electrons. The first-order valence-electron chi connectivity index (χ1n) is 11.0. The standard InChI is InChI=1S/C12H10BrClFN3O.C6H7Br2N3.C2HBr2N3/c13-11-16-12(18(17-11)7-2-1-3-7)19-8-4-5-10(15)9(14)6-8;7-5-9-6(8)11(10-5)4-2-1-3-4;3-1-5-2(4)7-6-1/h4-7H,1-3H2;4H,1-3H2;(H,5,6,7). The zero-order valence-electron chi connectivity index (χ0n) is 18.8. The van der Waals surface area contributed by atoms with Gasteiger partial charge in [-0.15, -0.1) is 15.3 Å². The van der Waals surface area contributed by atoms with Crippen molar-refractivity contribution in [3.63, 3.8) is 0 Å². The fourth-order valence-corrected chi connectivity index (χ4v) is 5.60. The number of nitrogens with one attached hydrogen (secondary N) is 1. The highest BCUT2D eigenvalue weighted by Crippen LogP contribution is 2.36. The lowest BCUT2D eigenvalue weighted by molar-refractivity contribution is 0.257. The van der Waals surface area contributed by atoms with Crippen molar-refractivity contribution < 1.29 is 9.13 Å². The van der Waals surface area contributed by atoms with Crippen molar-refractivity contribution >= 4 is 91.3 Å². The second-order valence-corrected chi connectivity index (χ2v) is 11.9. The molecule has 2 saturated carbocycles. The van der Waals surface area contributed by atoms with Gasteiger partial charge in [-0.05, 0) is 130 Å². The summed E-state index contributed by atoms with van der Waals surface area (Å²) in [5.74, 6) is -0.0393. The van der Waals surface area contributed by atoms with E-state index in [2.05, 4.69) is 115 Å². The average Bonchev–Trinajstić information content (AvgIpc) is 3.42. The van der Waals surface area contributed by atoms with Crippen molar-refractivity contribution in [2.45, 2.75) is 50.6 Å². The van der Waals surface area contributed by atoms with Crippen LogP contribution >= 0.6 is 91.3 Å². The van der Waals surface area contributed by atoms with Crippen LogP contribution in [0.1, 0.15) is 50.6 Å². The van der Waals surface area contributed by atoms with Gasteiger partial charge >= 0.3 is 6.01 Å². The zero-order chi connectivity index (χ0) is 26.5. The van der Waals surface area contributed by atoms with E-state index in [9.17, 15) is 4.39 Å². The van der Waals surface area contributed by atoms with Crippen molar-refractivity contribution in [1.82, 2.24) is 44.7 Å². The smallest absolute Gasteiger partial charge is 0.321 e. The number of hydrogen-bond acceptors (Lipinski definition) is 7. The van der Waals surface area contributed by atoms with Crippen LogP contribution in [0, 0.1) is 5.82 Å². The molecular weight excluding hydrogens is 836 g/mol. The highest BCUT2D eigenvalue weighted by atomic mass is 79.9. The molecule has 3 aromatic heterocycles. The predicted octanol–water partition coefficient (Wildman–Crippen LogP) is 8.21. The maximum absolute atomic E-state index is 13.1. The van der Waals surface area contributed by atoms with Crippen LogP contribution in [0.5, 0.6) is 11.8 Å². The van der Waals surface area contributed by atoms with E-state index in [-0.39, 0.29) is 5.02 Å². The SMILES string of the molecule is Brc1n[nH]c(Br)n1.Brc1nc(Br)n(C2CCC2)n1.Fc1ccc(Oc2nc(Br)nn2C2CCC2)cc1Cl. The van der Waals surface area contributed by atoms with Gasteiger partial charge in [-0.3, -0.25) is 5.10 Å². The molecule has 3 heterocycles. The van der Waals surface area contributed by atoms with Crippen LogP contribution in [0.25, 0.3) is 0 Å². The van der Waals surface area contributed by atoms with Gasteiger partial charge in [0.15, 0.2) is 9.47 Å². The van der Waals surface area contributed by atoms with Gasteiger partial charge in [0.1, 0.15) is 11.6 Å². The Balaban J connectivity index is 0.000000149. The van der Waals surface area contributed by atoms with Crippen LogP contribution in [0.3, 0.4) is 0 Å². The van der Waals surface area contributed by atoms with E-state index in [0.717, 1.165) is 17.6 Å².